The molecule has 8 heteroatoms. The molecule has 4 heterocycles. The molecule has 2 aliphatic rings. The number of amides is 1. The van der Waals surface area contributed by atoms with Gasteiger partial charge in [0.05, 0.1) is 6.20 Å². The van der Waals surface area contributed by atoms with E-state index >= 15 is 0 Å². The van der Waals surface area contributed by atoms with Gasteiger partial charge in [0.1, 0.15) is 23.2 Å². The SMILES string of the molecule is Cc1cc(C2CCCO2)oc(=O)c1C(=O)N1CCN(c2cnccn2)CC1. The highest BCUT2D eigenvalue weighted by atomic mass is 16.5. The zero-order chi connectivity index (χ0) is 18.8. The van der Waals surface area contributed by atoms with Gasteiger partial charge >= 0.3 is 5.63 Å². The third-order valence-corrected chi connectivity index (χ3v) is 5.07. The van der Waals surface area contributed by atoms with E-state index in [0.717, 1.165) is 18.7 Å². The van der Waals surface area contributed by atoms with Crippen molar-refractivity contribution in [2.75, 3.05) is 37.7 Å². The first-order valence-electron chi connectivity index (χ1n) is 9.20. The Bertz CT molecular complexity index is 869. The minimum absolute atomic E-state index is 0.115. The van der Waals surface area contributed by atoms with E-state index in [1.54, 1.807) is 36.5 Å². The molecule has 8 nitrogen and oxygen atoms in total. The monoisotopic (exact) mass is 370 g/mol. The Morgan fingerprint density at radius 3 is 2.67 bits per heavy atom. The fraction of sp³-hybridized carbons (Fsp3) is 0.474. The molecule has 2 fully saturated rings. The summed E-state index contributed by atoms with van der Waals surface area (Å²) in [7, 11) is 0. The molecule has 0 N–H and O–H groups in total. The van der Waals surface area contributed by atoms with Crippen molar-refractivity contribution in [2.24, 2.45) is 0 Å². The van der Waals surface area contributed by atoms with Gasteiger partial charge in [-0.1, -0.05) is 0 Å². The molecule has 1 amide bonds. The number of carbonyl (C=O) groups excluding carboxylic acids is 1. The maximum Gasteiger partial charge on any atom is 0.349 e. The molecule has 142 valence electrons. The topological polar surface area (TPSA) is 88.8 Å². The van der Waals surface area contributed by atoms with Crippen molar-refractivity contribution >= 4 is 11.7 Å². The second-order valence-electron chi connectivity index (χ2n) is 6.84. The number of aromatic nitrogens is 2. The van der Waals surface area contributed by atoms with E-state index in [-0.39, 0.29) is 17.6 Å². The second-order valence-corrected chi connectivity index (χ2v) is 6.84. The number of hydrogen-bond acceptors (Lipinski definition) is 7. The lowest BCUT2D eigenvalue weighted by Crippen LogP contribution is -2.50. The summed E-state index contributed by atoms with van der Waals surface area (Å²) in [6, 6.07) is 1.76. The smallest absolute Gasteiger partial charge is 0.349 e. The van der Waals surface area contributed by atoms with E-state index in [1.807, 2.05) is 0 Å². The first-order valence-corrected chi connectivity index (χ1v) is 9.20. The summed E-state index contributed by atoms with van der Waals surface area (Å²) in [5, 5.41) is 0. The van der Waals surface area contributed by atoms with Gasteiger partial charge in [-0.15, -0.1) is 0 Å². The fourth-order valence-electron chi connectivity index (χ4n) is 3.60. The molecule has 2 aromatic heterocycles. The number of rotatable bonds is 3. The average molecular weight is 370 g/mol. The molecule has 1 unspecified atom stereocenters. The molecule has 0 bridgehead atoms. The van der Waals surface area contributed by atoms with Crippen molar-refractivity contribution in [3.63, 3.8) is 0 Å². The third kappa shape index (κ3) is 3.57. The van der Waals surface area contributed by atoms with Crippen molar-refractivity contribution in [1.29, 1.82) is 0 Å². The van der Waals surface area contributed by atoms with Crippen LogP contribution in [0.2, 0.25) is 0 Å². The van der Waals surface area contributed by atoms with Crippen molar-refractivity contribution < 1.29 is 13.9 Å². The van der Waals surface area contributed by atoms with Crippen LogP contribution >= 0.6 is 0 Å². The van der Waals surface area contributed by atoms with Crippen LogP contribution in [0.5, 0.6) is 0 Å². The van der Waals surface area contributed by atoms with E-state index in [4.69, 9.17) is 9.15 Å². The standard InChI is InChI=1S/C19H22N4O4/c1-13-11-15(14-3-2-10-26-14)27-19(25)17(13)18(24)23-8-6-22(7-9-23)16-12-20-4-5-21-16/h4-5,11-12,14H,2-3,6-10H2,1H3. The van der Waals surface area contributed by atoms with Gasteiger partial charge in [-0.3, -0.25) is 9.78 Å². The average Bonchev–Trinajstić information content (AvgIpc) is 3.23. The number of hydrogen-bond donors (Lipinski definition) is 0. The molecule has 0 saturated carbocycles. The highest BCUT2D eigenvalue weighted by molar-refractivity contribution is 5.95. The van der Waals surface area contributed by atoms with Gasteiger partial charge in [-0.2, -0.15) is 0 Å². The van der Waals surface area contributed by atoms with Crippen LogP contribution in [0, 0.1) is 6.92 Å². The van der Waals surface area contributed by atoms with Gasteiger partial charge in [-0.25, -0.2) is 9.78 Å². The summed E-state index contributed by atoms with van der Waals surface area (Å²) >= 11 is 0. The predicted octanol–water partition coefficient (Wildman–Crippen LogP) is 1.55. The molecule has 1 atom stereocenters. The van der Waals surface area contributed by atoms with Crippen LogP contribution in [-0.4, -0.2) is 53.6 Å². The zero-order valence-corrected chi connectivity index (χ0v) is 15.3. The van der Waals surface area contributed by atoms with Crippen LogP contribution in [0.25, 0.3) is 0 Å². The summed E-state index contributed by atoms with van der Waals surface area (Å²) in [4.78, 5) is 37.5. The Balaban J connectivity index is 1.48. The Morgan fingerprint density at radius 1 is 1.22 bits per heavy atom. The minimum Gasteiger partial charge on any atom is -0.424 e. The highest BCUT2D eigenvalue weighted by Crippen LogP contribution is 2.28. The molecule has 2 aromatic rings. The van der Waals surface area contributed by atoms with Crippen molar-refractivity contribution in [1.82, 2.24) is 14.9 Å². The van der Waals surface area contributed by atoms with Gasteiger partial charge in [0, 0.05) is 45.2 Å². The number of piperazine rings is 1. The summed E-state index contributed by atoms with van der Waals surface area (Å²) in [5.74, 6) is 1.03. The van der Waals surface area contributed by atoms with E-state index < -0.39 is 5.63 Å². The number of anilines is 1. The molecular weight excluding hydrogens is 348 g/mol. The number of ether oxygens (including phenoxy) is 1. The van der Waals surface area contributed by atoms with E-state index in [1.165, 1.54) is 0 Å². The quantitative estimate of drug-likeness (QED) is 0.810. The van der Waals surface area contributed by atoms with Crippen LogP contribution in [-0.2, 0) is 4.74 Å². The molecule has 0 aromatic carbocycles. The molecular formula is C19H22N4O4. The van der Waals surface area contributed by atoms with Crippen LogP contribution in [0.15, 0.2) is 33.9 Å². The van der Waals surface area contributed by atoms with Crippen molar-refractivity contribution in [2.45, 2.75) is 25.9 Å². The summed E-state index contributed by atoms with van der Waals surface area (Å²) in [5.41, 5.74) is 0.171. The summed E-state index contributed by atoms with van der Waals surface area (Å²) in [6.45, 7) is 4.76. The van der Waals surface area contributed by atoms with Crippen LogP contribution in [0.3, 0.4) is 0 Å². The highest BCUT2D eigenvalue weighted by Gasteiger charge is 2.28. The maximum atomic E-state index is 12.9. The Morgan fingerprint density at radius 2 is 2.04 bits per heavy atom. The third-order valence-electron chi connectivity index (χ3n) is 5.07. The first kappa shape index (κ1) is 17.7. The lowest BCUT2D eigenvalue weighted by molar-refractivity contribution is 0.0731. The predicted molar refractivity (Wildman–Crippen MR) is 97.8 cm³/mol. The van der Waals surface area contributed by atoms with Crippen LogP contribution in [0.1, 0.15) is 40.6 Å². The molecule has 0 aliphatic carbocycles. The molecule has 2 aliphatic heterocycles. The Hall–Kier alpha value is -2.74. The van der Waals surface area contributed by atoms with Crippen molar-refractivity contribution in [3.05, 3.63) is 52.0 Å². The van der Waals surface area contributed by atoms with Gasteiger partial charge in [0.15, 0.2) is 0 Å². The minimum atomic E-state index is -0.582. The zero-order valence-electron chi connectivity index (χ0n) is 15.3. The molecule has 2 saturated heterocycles. The Labute approximate surface area is 156 Å². The lowest BCUT2D eigenvalue weighted by Gasteiger charge is -2.35. The van der Waals surface area contributed by atoms with E-state index in [0.29, 0.717) is 44.1 Å². The van der Waals surface area contributed by atoms with Gasteiger partial charge in [-0.05, 0) is 31.4 Å². The lowest BCUT2D eigenvalue weighted by atomic mass is 10.1. The number of nitrogens with zero attached hydrogens (tertiary/aromatic N) is 4. The molecule has 0 radical (unpaired) electrons. The molecule has 0 spiro atoms. The van der Waals surface area contributed by atoms with Gasteiger partial charge in [0.2, 0.25) is 0 Å². The van der Waals surface area contributed by atoms with Crippen molar-refractivity contribution in [3.8, 4) is 0 Å². The first-order chi connectivity index (χ1) is 13.1. The van der Waals surface area contributed by atoms with Gasteiger partial charge < -0.3 is 19.0 Å². The normalized spacial score (nSPS) is 20.1. The Kier molecular flexibility index (Phi) is 4.89. The fourth-order valence-corrected chi connectivity index (χ4v) is 3.60. The van der Waals surface area contributed by atoms with E-state index in [9.17, 15) is 9.59 Å². The van der Waals surface area contributed by atoms with Crippen LogP contribution in [0.4, 0.5) is 5.82 Å². The second kappa shape index (κ2) is 7.48. The maximum absolute atomic E-state index is 12.9. The number of aryl methyl sites for hydroxylation is 1. The van der Waals surface area contributed by atoms with E-state index in [2.05, 4.69) is 14.9 Å². The summed E-state index contributed by atoms with van der Waals surface area (Å²) < 4.78 is 11.0. The number of carbonyl (C=O) groups is 1. The molecule has 27 heavy (non-hydrogen) atoms. The van der Waals surface area contributed by atoms with Crippen LogP contribution < -0.4 is 10.5 Å². The summed E-state index contributed by atoms with van der Waals surface area (Å²) in [6.07, 6.45) is 6.59. The largest absolute Gasteiger partial charge is 0.424 e. The molecule has 4 rings (SSSR count). The van der Waals surface area contributed by atoms with Gasteiger partial charge in [0.25, 0.3) is 5.91 Å².